The second-order valence-electron chi connectivity index (χ2n) is 5.94. The molecule has 0 saturated heterocycles. The molecule has 0 atom stereocenters. The number of halogens is 6. The van der Waals surface area contributed by atoms with Gasteiger partial charge in [-0.15, -0.1) is 0 Å². The van der Waals surface area contributed by atoms with Crippen molar-refractivity contribution in [2.45, 2.75) is 6.18 Å². The molecule has 0 bridgehead atoms. The predicted octanol–water partition coefficient (Wildman–Crippen LogP) is 4.01. The lowest BCUT2D eigenvalue weighted by Gasteiger charge is -2.14. The van der Waals surface area contributed by atoms with Crippen molar-refractivity contribution < 1.29 is 36.3 Å². The van der Waals surface area contributed by atoms with E-state index in [1.165, 1.54) is 6.33 Å². The van der Waals surface area contributed by atoms with E-state index in [0.717, 1.165) is 23.1 Å². The first-order valence-corrected chi connectivity index (χ1v) is 8.62. The van der Waals surface area contributed by atoms with E-state index in [0.29, 0.717) is 18.2 Å². The quantitative estimate of drug-likeness (QED) is 0.353. The molecule has 7 nitrogen and oxygen atoms in total. The summed E-state index contributed by atoms with van der Waals surface area (Å²) in [5, 5.41) is 5.52. The second-order valence-corrected chi connectivity index (χ2v) is 6.35. The van der Waals surface area contributed by atoms with Crippen molar-refractivity contribution in [2.24, 2.45) is 0 Å². The number of benzene rings is 2. The zero-order chi connectivity index (χ0) is 22.8. The number of aromatic nitrogens is 3. The fourth-order valence-electron chi connectivity index (χ4n) is 2.42. The second kappa shape index (κ2) is 8.68. The highest BCUT2D eigenvalue weighted by atomic mass is 35.5. The predicted molar refractivity (Wildman–Crippen MR) is 96.6 cm³/mol. The van der Waals surface area contributed by atoms with Crippen LogP contribution in [0.1, 0.15) is 15.9 Å². The standard InChI is InChI=1S/C18H10ClF5N4O3/c19-11-5-13(21)12(20)4-10(11)17(30)31-6-16(29)27-14-3-9(18(22,23)24)1-2-15(14)28-8-25-7-26-28/h1-5,7-8H,6H2,(H,27,29). The molecule has 2 aromatic carbocycles. The first-order valence-electron chi connectivity index (χ1n) is 8.24. The lowest BCUT2D eigenvalue weighted by molar-refractivity contribution is -0.137. The van der Waals surface area contributed by atoms with Gasteiger partial charge in [0.25, 0.3) is 5.91 Å². The van der Waals surface area contributed by atoms with Gasteiger partial charge in [0, 0.05) is 0 Å². The molecular formula is C18H10ClF5N4O3. The normalized spacial score (nSPS) is 11.3. The summed E-state index contributed by atoms with van der Waals surface area (Å²) in [4.78, 5) is 27.8. The maximum atomic E-state index is 13.3. The Labute approximate surface area is 175 Å². The third kappa shape index (κ3) is 5.15. The van der Waals surface area contributed by atoms with Crippen molar-refractivity contribution in [3.05, 3.63) is 70.8 Å². The summed E-state index contributed by atoms with van der Waals surface area (Å²) in [7, 11) is 0. The third-order valence-electron chi connectivity index (χ3n) is 3.83. The highest BCUT2D eigenvalue weighted by Gasteiger charge is 2.31. The van der Waals surface area contributed by atoms with Crippen LogP contribution in [0.5, 0.6) is 0 Å². The number of rotatable bonds is 5. The van der Waals surface area contributed by atoms with Gasteiger partial charge in [-0.2, -0.15) is 18.3 Å². The number of hydrogen-bond donors (Lipinski definition) is 1. The SMILES string of the molecule is O=C(COC(=O)c1cc(F)c(F)cc1Cl)Nc1cc(C(F)(F)F)ccc1-n1cncn1. The molecule has 1 heterocycles. The zero-order valence-electron chi connectivity index (χ0n) is 15.1. The summed E-state index contributed by atoms with van der Waals surface area (Å²) in [6.45, 7) is -0.943. The van der Waals surface area contributed by atoms with Crippen molar-refractivity contribution in [1.82, 2.24) is 14.8 Å². The van der Waals surface area contributed by atoms with Crippen molar-refractivity contribution in [1.29, 1.82) is 0 Å². The number of nitrogens with zero attached hydrogens (tertiary/aromatic N) is 3. The van der Waals surface area contributed by atoms with Crippen molar-refractivity contribution in [3.63, 3.8) is 0 Å². The molecule has 1 N–H and O–H groups in total. The molecule has 31 heavy (non-hydrogen) atoms. The van der Waals surface area contributed by atoms with Gasteiger partial charge in [0.15, 0.2) is 18.2 Å². The topological polar surface area (TPSA) is 86.1 Å². The molecule has 0 radical (unpaired) electrons. The Bertz CT molecular complexity index is 1140. The molecule has 3 aromatic rings. The Kier molecular flexibility index (Phi) is 6.20. The first kappa shape index (κ1) is 22.2. The van der Waals surface area contributed by atoms with E-state index in [9.17, 15) is 31.5 Å². The molecule has 1 aromatic heterocycles. The number of esters is 1. The Morgan fingerprint density at radius 3 is 2.48 bits per heavy atom. The molecule has 0 aliphatic rings. The largest absolute Gasteiger partial charge is 0.452 e. The van der Waals surface area contributed by atoms with E-state index in [2.05, 4.69) is 20.1 Å². The summed E-state index contributed by atoms with van der Waals surface area (Å²) in [6.07, 6.45) is -2.35. The number of amides is 1. The molecule has 0 fully saturated rings. The van der Waals surface area contributed by atoms with Crippen LogP contribution in [0.4, 0.5) is 27.6 Å². The third-order valence-corrected chi connectivity index (χ3v) is 4.14. The Balaban J connectivity index is 1.77. The number of carbonyl (C=O) groups excluding carboxylic acids is 2. The fraction of sp³-hybridized carbons (Fsp3) is 0.111. The van der Waals surface area contributed by atoms with Crippen LogP contribution in [0.25, 0.3) is 5.69 Å². The minimum absolute atomic E-state index is 0.0637. The number of anilines is 1. The van der Waals surface area contributed by atoms with Gasteiger partial charge in [-0.05, 0) is 30.3 Å². The molecule has 0 spiro atoms. The van der Waals surface area contributed by atoms with Gasteiger partial charge in [-0.3, -0.25) is 4.79 Å². The smallest absolute Gasteiger partial charge is 0.416 e. The van der Waals surface area contributed by atoms with Crippen LogP contribution in [-0.2, 0) is 15.7 Å². The zero-order valence-corrected chi connectivity index (χ0v) is 15.8. The molecule has 3 rings (SSSR count). The molecule has 13 heteroatoms. The van der Waals surface area contributed by atoms with Gasteiger partial charge in [0.05, 0.1) is 27.5 Å². The lowest BCUT2D eigenvalue weighted by Crippen LogP contribution is -2.22. The van der Waals surface area contributed by atoms with Gasteiger partial charge in [-0.1, -0.05) is 11.6 Å². The fourth-order valence-corrected chi connectivity index (χ4v) is 2.65. The first-order chi connectivity index (χ1) is 14.6. The minimum Gasteiger partial charge on any atom is -0.452 e. The maximum absolute atomic E-state index is 13.3. The van der Waals surface area contributed by atoms with Gasteiger partial charge in [-0.25, -0.2) is 23.2 Å². The molecule has 0 unspecified atom stereocenters. The highest BCUT2D eigenvalue weighted by Crippen LogP contribution is 2.33. The molecule has 0 aliphatic heterocycles. The van der Waals surface area contributed by atoms with Gasteiger partial charge >= 0.3 is 12.1 Å². The minimum atomic E-state index is -4.68. The van der Waals surface area contributed by atoms with Gasteiger partial charge in [0.1, 0.15) is 12.7 Å². The van der Waals surface area contributed by atoms with Gasteiger partial charge in [0.2, 0.25) is 0 Å². The van der Waals surface area contributed by atoms with Crippen molar-refractivity contribution >= 4 is 29.2 Å². The summed E-state index contributed by atoms with van der Waals surface area (Å²) < 4.78 is 71.3. The van der Waals surface area contributed by atoms with Crippen molar-refractivity contribution in [3.8, 4) is 5.69 Å². The van der Waals surface area contributed by atoms with E-state index in [4.69, 9.17) is 11.6 Å². The van der Waals surface area contributed by atoms with E-state index < -0.39 is 52.4 Å². The van der Waals surface area contributed by atoms with Crippen LogP contribution in [0.3, 0.4) is 0 Å². The van der Waals surface area contributed by atoms with Crippen LogP contribution in [-0.4, -0.2) is 33.2 Å². The van der Waals surface area contributed by atoms with Crippen LogP contribution in [0.15, 0.2) is 43.0 Å². The number of ether oxygens (including phenoxy) is 1. The number of hydrogen-bond acceptors (Lipinski definition) is 5. The van der Waals surface area contributed by atoms with E-state index in [1.807, 2.05) is 0 Å². The maximum Gasteiger partial charge on any atom is 0.416 e. The van der Waals surface area contributed by atoms with Crippen LogP contribution in [0.2, 0.25) is 5.02 Å². The van der Waals surface area contributed by atoms with Crippen molar-refractivity contribution in [2.75, 3.05) is 11.9 Å². The van der Waals surface area contributed by atoms with Gasteiger partial charge < -0.3 is 10.1 Å². The summed E-state index contributed by atoms with van der Waals surface area (Å²) in [5.41, 5.74) is -1.80. The average Bonchev–Trinajstić information content (AvgIpc) is 3.22. The number of carbonyl (C=O) groups is 2. The summed E-state index contributed by atoms with van der Waals surface area (Å²) in [5.74, 6) is -4.89. The Morgan fingerprint density at radius 2 is 1.84 bits per heavy atom. The molecule has 162 valence electrons. The Morgan fingerprint density at radius 1 is 1.13 bits per heavy atom. The van der Waals surface area contributed by atoms with E-state index >= 15 is 0 Å². The monoisotopic (exact) mass is 460 g/mol. The highest BCUT2D eigenvalue weighted by molar-refractivity contribution is 6.33. The number of nitrogens with one attached hydrogen (secondary N) is 1. The Hall–Kier alpha value is -3.54. The summed E-state index contributed by atoms with van der Waals surface area (Å²) >= 11 is 5.65. The van der Waals surface area contributed by atoms with E-state index in [-0.39, 0.29) is 11.4 Å². The number of alkyl halides is 3. The molecule has 0 saturated carbocycles. The van der Waals surface area contributed by atoms with Crippen LogP contribution >= 0.6 is 11.6 Å². The molecular weight excluding hydrogens is 451 g/mol. The van der Waals surface area contributed by atoms with Crippen LogP contribution in [0, 0.1) is 11.6 Å². The average molecular weight is 461 g/mol. The van der Waals surface area contributed by atoms with Crippen LogP contribution < -0.4 is 5.32 Å². The molecule has 1 amide bonds. The molecule has 0 aliphatic carbocycles. The summed E-state index contributed by atoms with van der Waals surface area (Å²) in [6, 6.07) is 3.58. The lowest BCUT2D eigenvalue weighted by atomic mass is 10.1. The van der Waals surface area contributed by atoms with E-state index in [1.54, 1.807) is 0 Å².